The molecule has 0 heterocycles. The van der Waals surface area contributed by atoms with Gasteiger partial charge in [-0.2, -0.15) is 0 Å². The summed E-state index contributed by atoms with van der Waals surface area (Å²) >= 11 is 0. The molecular formula is C14H19F2NO. The zero-order valence-electron chi connectivity index (χ0n) is 11.3. The summed E-state index contributed by atoms with van der Waals surface area (Å²) in [4.78, 5) is 13.7. The predicted octanol–water partition coefficient (Wildman–Crippen LogP) is 3.75. The van der Waals surface area contributed by atoms with Gasteiger partial charge in [-0.15, -0.1) is 0 Å². The topological polar surface area (TPSA) is 20.3 Å². The van der Waals surface area contributed by atoms with Gasteiger partial charge in [-0.3, -0.25) is 4.79 Å². The molecule has 0 atom stereocenters. The summed E-state index contributed by atoms with van der Waals surface area (Å²) in [5.41, 5.74) is -0.429. The van der Waals surface area contributed by atoms with Gasteiger partial charge >= 0.3 is 0 Å². The summed E-state index contributed by atoms with van der Waals surface area (Å²) in [5.74, 6) is -1.51. The van der Waals surface area contributed by atoms with Gasteiger partial charge in [-0.25, -0.2) is 8.78 Å². The largest absolute Gasteiger partial charge is 0.309 e. The molecule has 1 amide bonds. The van der Waals surface area contributed by atoms with Crippen LogP contribution in [0.3, 0.4) is 0 Å². The van der Waals surface area contributed by atoms with Crippen LogP contribution in [0.15, 0.2) is 18.2 Å². The quantitative estimate of drug-likeness (QED) is 0.802. The minimum absolute atomic E-state index is 0.130. The van der Waals surface area contributed by atoms with Gasteiger partial charge in [0.15, 0.2) is 0 Å². The Hall–Kier alpha value is -1.45. The van der Waals surface area contributed by atoms with Crippen molar-refractivity contribution in [2.75, 3.05) is 11.4 Å². The van der Waals surface area contributed by atoms with Gasteiger partial charge < -0.3 is 4.90 Å². The van der Waals surface area contributed by atoms with Crippen LogP contribution in [0.25, 0.3) is 0 Å². The number of hydrogen-bond donors (Lipinski definition) is 0. The molecule has 1 rings (SSSR count). The van der Waals surface area contributed by atoms with Crippen LogP contribution in [-0.2, 0) is 4.79 Å². The first-order chi connectivity index (χ1) is 8.33. The third kappa shape index (κ3) is 2.86. The first-order valence-electron chi connectivity index (χ1n) is 6.10. The summed E-state index contributed by atoms with van der Waals surface area (Å²) in [7, 11) is 0. The first-order valence-corrected chi connectivity index (χ1v) is 6.10. The summed E-state index contributed by atoms with van der Waals surface area (Å²) in [6, 6.07) is 3.26. The van der Waals surface area contributed by atoms with Gasteiger partial charge in [0.05, 0.1) is 5.69 Å². The Morgan fingerprint density at radius 1 is 1.28 bits per heavy atom. The molecule has 0 N–H and O–H groups in total. The van der Waals surface area contributed by atoms with E-state index in [2.05, 4.69) is 0 Å². The van der Waals surface area contributed by atoms with Crippen LogP contribution in [0.1, 0.15) is 34.1 Å². The lowest BCUT2D eigenvalue weighted by Gasteiger charge is -2.30. The van der Waals surface area contributed by atoms with Gasteiger partial charge in [0.2, 0.25) is 5.91 Å². The number of benzene rings is 1. The van der Waals surface area contributed by atoms with Crippen LogP contribution in [-0.4, -0.2) is 12.5 Å². The highest BCUT2D eigenvalue weighted by Crippen LogP contribution is 2.28. The number of halogens is 2. The zero-order chi connectivity index (χ0) is 13.9. The van der Waals surface area contributed by atoms with E-state index in [1.54, 1.807) is 6.92 Å². The predicted molar refractivity (Wildman–Crippen MR) is 68.5 cm³/mol. The Morgan fingerprint density at radius 3 is 2.33 bits per heavy atom. The van der Waals surface area contributed by atoms with E-state index in [-0.39, 0.29) is 11.6 Å². The summed E-state index contributed by atoms with van der Waals surface area (Å²) < 4.78 is 26.6. The van der Waals surface area contributed by atoms with E-state index < -0.39 is 17.0 Å². The van der Waals surface area contributed by atoms with Crippen LogP contribution < -0.4 is 4.90 Å². The lowest BCUT2D eigenvalue weighted by molar-refractivity contribution is -0.126. The van der Waals surface area contributed by atoms with Gasteiger partial charge in [-0.1, -0.05) is 20.8 Å². The summed E-state index contributed by atoms with van der Waals surface area (Å²) in [5, 5.41) is 0. The molecular weight excluding hydrogens is 236 g/mol. The molecule has 0 saturated heterocycles. The maximum atomic E-state index is 13.7. The van der Waals surface area contributed by atoms with Crippen molar-refractivity contribution < 1.29 is 13.6 Å². The number of amides is 1. The molecule has 0 fully saturated rings. The average molecular weight is 255 g/mol. The molecule has 1 aromatic carbocycles. The molecule has 0 bridgehead atoms. The second-order valence-corrected chi connectivity index (χ2v) is 4.88. The van der Waals surface area contributed by atoms with Crippen molar-refractivity contribution in [3.05, 3.63) is 29.8 Å². The monoisotopic (exact) mass is 255 g/mol. The Kier molecular flexibility index (Phi) is 4.43. The molecule has 0 spiro atoms. The standard InChI is InChI=1S/C14H19F2NO/c1-5-14(3,4)13(18)17(6-2)12-8-7-10(15)9-11(12)16/h7-9H,5-6H2,1-4H3. The molecule has 0 aromatic heterocycles. The minimum Gasteiger partial charge on any atom is -0.309 e. The average Bonchev–Trinajstić information content (AvgIpc) is 2.32. The molecule has 4 heteroatoms. The van der Waals surface area contributed by atoms with Crippen molar-refractivity contribution >= 4 is 11.6 Å². The van der Waals surface area contributed by atoms with Gasteiger partial charge in [0.25, 0.3) is 0 Å². The van der Waals surface area contributed by atoms with E-state index >= 15 is 0 Å². The molecule has 0 unspecified atom stereocenters. The number of rotatable bonds is 4. The molecule has 0 saturated carbocycles. The van der Waals surface area contributed by atoms with Crippen molar-refractivity contribution in [1.29, 1.82) is 0 Å². The van der Waals surface area contributed by atoms with E-state index in [1.807, 2.05) is 20.8 Å². The number of hydrogen-bond acceptors (Lipinski definition) is 1. The van der Waals surface area contributed by atoms with Crippen LogP contribution in [0.5, 0.6) is 0 Å². The van der Waals surface area contributed by atoms with E-state index in [0.717, 1.165) is 12.1 Å². The SMILES string of the molecule is CCN(C(=O)C(C)(C)CC)c1ccc(F)cc1F. The van der Waals surface area contributed by atoms with Crippen LogP contribution in [0, 0.1) is 17.0 Å². The molecule has 1 aromatic rings. The minimum atomic E-state index is -0.711. The van der Waals surface area contributed by atoms with E-state index in [0.29, 0.717) is 13.0 Å². The number of nitrogens with zero attached hydrogens (tertiary/aromatic N) is 1. The fourth-order valence-electron chi connectivity index (χ4n) is 1.64. The smallest absolute Gasteiger partial charge is 0.232 e. The molecule has 0 aliphatic rings. The second kappa shape index (κ2) is 5.46. The number of anilines is 1. The van der Waals surface area contributed by atoms with Crippen LogP contribution in [0.4, 0.5) is 14.5 Å². The Bertz CT molecular complexity index is 443. The van der Waals surface area contributed by atoms with E-state index in [4.69, 9.17) is 0 Å². The lowest BCUT2D eigenvalue weighted by atomic mass is 9.88. The number of carbonyl (C=O) groups excluding carboxylic acids is 1. The van der Waals surface area contributed by atoms with E-state index in [9.17, 15) is 13.6 Å². The Labute approximate surface area is 107 Å². The third-order valence-electron chi connectivity index (χ3n) is 3.22. The van der Waals surface area contributed by atoms with Crippen molar-refractivity contribution in [3.8, 4) is 0 Å². The molecule has 0 aliphatic heterocycles. The van der Waals surface area contributed by atoms with Gasteiger partial charge in [0, 0.05) is 18.0 Å². The van der Waals surface area contributed by atoms with Gasteiger partial charge in [-0.05, 0) is 25.5 Å². The van der Waals surface area contributed by atoms with Crippen molar-refractivity contribution in [2.24, 2.45) is 5.41 Å². The molecule has 0 radical (unpaired) electrons. The summed E-state index contributed by atoms with van der Waals surface area (Å²) in [6.07, 6.45) is 0.658. The molecule has 100 valence electrons. The van der Waals surface area contributed by atoms with Crippen molar-refractivity contribution in [3.63, 3.8) is 0 Å². The molecule has 2 nitrogen and oxygen atoms in total. The first kappa shape index (κ1) is 14.6. The maximum absolute atomic E-state index is 13.7. The number of carbonyl (C=O) groups is 1. The third-order valence-corrected chi connectivity index (χ3v) is 3.22. The Balaban J connectivity index is 3.14. The van der Waals surface area contributed by atoms with E-state index in [1.165, 1.54) is 11.0 Å². The van der Waals surface area contributed by atoms with Crippen molar-refractivity contribution in [1.82, 2.24) is 0 Å². The fourth-order valence-corrected chi connectivity index (χ4v) is 1.64. The normalized spacial score (nSPS) is 11.4. The maximum Gasteiger partial charge on any atom is 0.232 e. The Morgan fingerprint density at radius 2 is 1.89 bits per heavy atom. The second-order valence-electron chi connectivity index (χ2n) is 4.88. The van der Waals surface area contributed by atoms with Gasteiger partial charge in [0.1, 0.15) is 11.6 Å². The highest BCUT2D eigenvalue weighted by molar-refractivity contribution is 5.97. The highest BCUT2D eigenvalue weighted by Gasteiger charge is 2.31. The molecule has 0 aliphatic carbocycles. The molecule has 18 heavy (non-hydrogen) atoms. The lowest BCUT2D eigenvalue weighted by Crippen LogP contribution is -2.41. The zero-order valence-corrected chi connectivity index (χ0v) is 11.3. The highest BCUT2D eigenvalue weighted by atomic mass is 19.1. The summed E-state index contributed by atoms with van der Waals surface area (Å²) in [6.45, 7) is 7.67. The van der Waals surface area contributed by atoms with Crippen LogP contribution in [0.2, 0.25) is 0 Å². The van der Waals surface area contributed by atoms with Crippen molar-refractivity contribution in [2.45, 2.75) is 34.1 Å². The van der Waals surface area contributed by atoms with Crippen LogP contribution >= 0.6 is 0 Å². The fraction of sp³-hybridized carbons (Fsp3) is 0.500.